The van der Waals surface area contributed by atoms with Crippen LogP contribution in [0.15, 0.2) is 0 Å². The molecule has 26 heteroatoms. The summed E-state index contributed by atoms with van der Waals surface area (Å²) in [5.41, 5.74) is -35.3. The number of methoxy groups -OCH3 is 4. The van der Waals surface area contributed by atoms with E-state index in [0.29, 0.717) is 0 Å². The summed E-state index contributed by atoms with van der Waals surface area (Å²) in [6, 6.07) is 0. The molecule has 0 amide bonds. The van der Waals surface area contributed by atoms with Crippen molar-refractivity contribution in [2.45, 2.75) is 275 Å². The van der Waals surface area contributed by atoms with Crippen molar-refractivity contribution < 1.29 is 128 Å². The van der Waals surface area contributed by atoms with Gasteiger partial charge in [0.2, 0.25) is 0 Å². The largest absolute Gasteiger partial charge is 0.387 e. The van der Waals surface area contributed by atoms with Crippen LogP contribution >= 0.6 is 0 Å². The lowest BCUT2D eigenvalue weighted by molar-refractivity contribution is -0.391. The lowest BCUT2D eigenvalue weighted by Crippen LogP contribution is -2.82. The molecule has 0 saturated carbocycles. The van der Waals surface area contributed by atoms with Gasteiger partial charge in [0.1, 0.15) is 126 Å². The highest BCUT2D eigenvalue weighted by Gasteiger charge is 2.75. The fourth-order valence-electron chi connectivity index (χ4n) is 13.1. The van der Waals surface area contributed by atoms with E-state index in [2.05, 4.69) is 0 Å². The summed E-state index contributed by atoms with van der Waals surface area (Å²) in [6.07, 6.45) is -5.60. The molecular formula is C59H112O26. The van der Waals surface area contributed by atoms with Crippen LogP contribution in [0, 0.1) is 5.92 Å². The summed E-state index contributed by atoms with van der Waals surface area (Å²) in [5.74, 6) is -0.881. The van der Waals surface area contributed by atoms with Gasteiger partial charge in [-0.2, -0.15) is 0 Å². The highest BCUT2D eigenvalue weighted by atomic mass is 16.6. The van der Waals surface area contributed by atoms with Crippen molar-refractivity contribution in [2.24, 2.45) is 5.92 Å². The maximum absolute atomic E-state index is 12.0. The summed E-state index contributed by atoms with van der Waals surface area (Å²) in [6.45, 7) is 25.9. The van der Waals surface area contributed by atoms with E-state index < -0.39 is 163 Å². The molecule has 0 aromatic rings. The Balaban J connectivity index is 0.000000690. The van der Waals surface area contributed by atoms with Gasteiger partial charge in [-0.05, 0) is 132 Å². The Labute approximate surface area is 502 Å². The zero-order valence-corrected chi connectivity index (χ0v) is 55.2. The molecule has 0 spiro atoms. The van der Waals surface area contributed by atoms with Crippen LogP contribution < -0.4 is 0 Å². The minimum atomic E-state index is -2.29. The molecule has 5 heterocycles. The molecule has 0 radical (unpaired) electrons. The van der Waals surface area contributed by atoms with E-state index in [4.69, 9.17) is 56.8 Å². The molecule has 0 aromatic heterocycles. The van der Waals surface area contributed by atoms with E-state index in [1.54, 1.807) is 20.8 Å². The van der Waals surface area contributed by atoms with E-state index in [1.165, 1.54) is 146 Å². The molecule has 26 nitrogen and oxygen atoms in total. The van der Waals surface area contributed by atoms with Gasteiger partial charge in [-0.25, -0.2) is 0 Å². The molecule has 14 N–H and O–H groups in total. The van der Waals surface area contributed by atoms with Crippen LogP contribution in [0.2, 0.25) is 0 Å². The van der Waals surface area contributed by atoms with Crippen molar-refractivity contribution in [1.82, 2.24) is 0 Å². The lowest BCUT2D eigenvalue weighted by Gasteiger charge is -2.63. The first-order valence-electron chi connectivity index (χ1n) is 29.0. The monoisotopic (exact) mass is 1240 g/mol. The van der Waals surface area contributed by atoms with Gasteiger partial charge in [0.05, 0.1) is 77.3 Å². The predicted molar refractivity (Wildman–Crippen MR) is 304 cm³/mol. The first-order chi connectivity index (χ1) is 37.8. The minimum Gasteiger partial charge on any atom is -0.387 e. The number of ether oxygens (including phenoxy) is 12. The average molecular weight is 1240 g/mol. The first-order valence-corrected chi connectivity index (χ1v) is 29.0. The van der Waals surface area contributed by atoms with E-state index in [9.17, 15) is 71.5 Å². The Morgan fingerprint density at radius 3 is 0.718 bits per heavy atom. The minimum absolute atomic E-state index is 0.0758. The second-order valence-electron chi connectivity index (χ2n) is 28.8. The van der Waals surface area contributed by atoms with Gasteiger partial charge >= 0.3 is 0 Å². The Morgan fingerprint density at radius 2 is 0.471 bits per heavy atom. The van der Waals surface area contributed by atoms with Gasteiger partial charge in [-0.1, -0.05) is 6.92 Å². The van der Waals surface area contributed by atoms with Crippen molar-refractivity contribution >= 4 is 0 Å². The van der Waals surface area contributed by atoms with Gasteiger partial charge in [0.25, 0.3) is 0 Å². The fraction of sp³-hybridized carbons (Fsp3) is 1.00. The normalized spacial score (nSPS) is 55.7. The van der Waals surface area contributed by atoms with E-state index in [-0.39, 0.29) is 46.2 Å². The van der Waals surface area contributed by atoms with Crippen LogP contribution in [-0.4, -0.2) is 303 Å². The topological polar surface area (TPSA) is 394 Å². The van der Waals surface area contributed by atoms with E-state index >= 15 is 0 Å². The molecule has 0 aliphatic carbocycles. The average Bonchev–Trinajstić information content (AvgIpc) is 3.35. The molecule has 0 bridgehead atoms. The summed E-state index contributed by atoms with van der Waals surface area (Å²) >= 11 is 0. The highest BCUT2D eigenvalue weighted by molar-refractivity contribution is 5.24. The van der Waals surface area contributed by atoms with Crippen molar-refractivity contribution in [3.05, 3.63) is 0 Å². The maximum atomic E-state index is 12.0. The Kier molecular flexibility index (Phi) is 21.4. The zero-order valence-electron chi connectivity index (χ0n) is 55.2. The third-order valence-electron chi connectivity index (χ3n) is 23.2. The molecule has 0 aromatic carbocycles. The molecule has 5 fully saturated rings. The van der Waals surface area contributed by atoms with Gasteiger partial charge in [0.15, 0.2) is 0 Å². The van der Waals surface area contributed by atoms with Crippen LogP contribution in [0.5, 0.6) is 0 Å². The van der Waals surface area contributed by atoms with Gasteiger partial charge in [-0.3, -0.25) is 0 Å². The molecular weight excluding hydrogens is 1120 g/mol. The van der Waals surface area contributed by atoms with Crippen molar-refractivity contribution in [3.63, 3.8) is 0 Å². The summed E-state index contributed by atoms with van der Waals surface area (Å²) < 4.78 is 70.1. The van der Waals surface area contributed by atoms with Crippen molar-refractivity contribution in [3.8, 4) is 0 Å². The SMILES string of the molecule is COCC1OC(C)(COC)C(C)(O)C(C)(O)C1(C)O.COCC1OC(C)(COCC2OC(C)(COCC3OC(C)(COCC4OC(C)(COC)C(C)(O)C(C)(O)C4(C)O)C(C)(O)C(C)(O)C3(C)O)C(C)(O)C(C)C2(C)O)C(C)(O)C(C)(O)C1(C)O. The number of hydrogen-bond donors (Lipinski definition) is 14. The van der Waals surface area contributed by atoms with Gasteiger partial charge in [-0.15, -0.1) is 0 Å². The zero-order chi connectivity index (χ0) is 66.5. The van der Waals surface area contributed by atoms with Crippen LogP contribution in [0.25, 0.3) is 0 Å². The molecule has 5 aliphatic rings. The number of rotatable bonds is 20. The smallest absolute Gasteiger partial charge is 0.124 e. The Hall–Kier alpha value is -1.04. The fourth-order valence-corrected chi connectivity index (χ4v) is 13.1. The Bertz CT molecular complexity index is 2260. The van der Waals surface area contributed by atoms with Crippen LogP contribution in [-0.2, 0) is 56.8 Å². The molecule has 25 atom stereocenters. The maximum Gasteiger partial charge on any atom is 0.124 e. The molecule has 504 valence electrons. The van der Waals surface area contributed by atoms with Gasteiger partial charge < -0.3 is 128 Å². The molecule has 5 aliphatic heterocycles. The van der Waals surface area contributed by atoms with Crippen molar-refractivity contribution in [1.29, 1.82) is 0 Å². The standard InChI is InChI=1S/C46H86O20.C13H26O6/c1-27-36(6,47)28(20-60-25-34(4)42(12,53)44(14,55)38(8,49)29(64-34)19-58-17)63-32(2,37(27,7)48)24-61-21-31-40(10,51)46(16,57)43(13,54)35(5,66-31)26-62-22-30-39(9,50)45(15,56)41(11,52)33(3,65-30)23-59-18;1-10(8-18-6)12(3,15)13(4,16)11(2,14)9(19-10)7-17-5/h27-31,47-57H,19-26H2,1-18H3;9,14-16H,7-8H2,1-6H3. The number of aliphatic hydroxyl groups is 14. The van der Waals surface area contributed by atoms with Gasteiger partial charge in [0, 0.05) is 34.4 Å². The lowest BCUT2D eigenvalue weighted by atomic mass is 9.61. The third-order valence-corrected chi connectivity index (χ3v) is 23.2. The molecule has 5 rings (SSSR count). The highest BCUT2D eigenvalue weighted by Crippen LogP contribution is 2.55. The Morgan fingerprint density at radius 1 is 0.259 bits per heavy atom. The molecule has 25 unspecified atom stereocenters. The summed E-state index contributed by atoms with van der Waals surface area (Å²) in [4.78, 5) is 0. The van der Waals surface area contributed by atoms with Crippen molar-refractivity contribution in [2.75, 3.05) is 94.5 Å². The van der Waals surface area contributed by atoms with Crippen LogP contribution in [0.4, 0.5) is 0 Å². The quantitative estimate of drug-likeness (QED) is 0.0663. The summed E-state index contributed by atoms with van der Waals surface area (Å²) in [5, 5.41) is 161. The number of hydrogen-bond acceptors (Lipinski definition) is 26. The van der Waals surface area contributed by atoms with Crippen LogP contribution in [0.1, 0.15) is 138 Å². The summed E-state index contributed by atoms with van der Waals surface area (Å²) in [7, 11) is 5.77. The second kappa shape index (κ2) is 23.8. The first kappa shape index (κ1) is 76.4. The molecule has 5 saturated heterocycles. The second-order valence-corrected chi connectivity index (χ2v) is 28.8. The third kappa shape index (κ3) is 11.4. The van der Waals surface area contributed by atoms with Crippen LogP contribution in [0.3, 0.4) is 0 Å². The predicted octanol–water partition coefficient (Wildman–Crippen LogP) is -1.45. The van der Waals surface area contributed by atoms with E-state index in [1.807, 2.05) is 0 Å². The van der Waals surface area contributed by atoms with E-state index in [0.717, 1.165) is 0 Å². The molecule has 85 heavy (non-hydrogen) atoms.